The molecule has 3 amide bonds. The van der Waals surface area contributed by atoms with E-state index in [-0.39, 0.29) is 30.7 Å². The SMILES string of the molecule is CCN1CCN(CC(=O)N2CCNC(=O)[C@@H]2CC(=O)Nc2ccccc2OC)CC1. The number of para-hydroxylation sites is 2. The minimum Gasteiger partial charge on any atom is -0.495 e. The molecule has 9 nitrogen and oxygen atoms in total. The molecule has 0 aliphatic carbocycles. The number of likely N-dealkylation sites (N-methyl/N-ethyl adjacent to an activating group) is 1. The van der Waals surface area contributed by atoms with Crippen LogP contribution in [-0.4, -0.2) is 97.9 Å². The van der Waals surface area contributed by atoms with Gasteiger partial charge in [-0.1, -0.05) is 19.1 Å². The van der Waals surface area contributed by atoms with Crippen LogP contribution < -0.4 is 15.4 Å². The van der Waals surface area contributed by atoms with Crippen molar-refractivity contribution in [2.75, 3.05) is 64.8 Å². The molecule has 1 aromatic carbocycles. The van der Waals surface area contributed by atoms with Gasteiger partial charge in [-0.15, -0.1) is 0 Å². The Morgan fingerprint density at radius 1 is 1.13 bits per heavy atom. The zero-order valence-corrected chi connectivity index (χ0v) is 17.7. The van der Waals surface area contributed by atoms with Crippen molar-refractivity contribution in [3.05, 3.63) is 24.3 Å². The summed E-state index contributed by atoms with van der Waals surface area (Å²) in [6.45, 7) is 7.77. The Bertz CT molecular complexity index is 764. The Morgan fingerprint density at radius 2 is 1.83 bits per heavy atom. The molecule has 3 rings (SSSR count). The Hall–Kier alpha value is -2.65. The van der Waals surface area contributed by atoms with Gasteiger partial charge in [-0.2, -0.15) is 0 Å². The number of hydrogen-bond donors (Lipinski definition) is 2. The van der Waals surface area contributed by atoms with E-state index >= 15 is 0 Å². The first-order chi connectivity index (χ1) is 14.5. The van der Waals surface area contributed by atoms with Crippen molar-refractivity contribution in [3.63, 3.8) is 0 Å². The maximum absolute atomic E-state index is 13.0. The molecule has 2 fully saturated rings. The van der Waals surface area contributed by atoms with E-state index < -0.39 is 6.04 Å². The van der Waals surface area contributed by atoms with Crippen molar-refractivity contribution in [3.8, 4) is 5.75 Å². The van der Waals surface area contributed by atoms with Crippen molar-refractivity contribution in [2.45, 2.75) is 19.4 Å². The second-order valence-corrected chi connectivity index (χ2v) is 7.56. The molecule has 2 saturated heterocycles. The number of piperazine rings is 2. The van der Waals surface area contributed by atoms with Gasteiger partial charge in [0, 0.05) is 39.3 Å². The standard InChI is InChI=1S/C21H31N5O4/c1-3-24-10-12-25(13-11-24)15-20(28)26-9-8-22-21(29)17(26)14-19(27)23-16-6-4-5-7-18(16)30-2/h4-7,17H,3,8-15H2,1-2H3,(H,22,29)(H,23,27)/t17-/m0/s1. The molecular weight excluding hydrogens is 386 g/mol. The lowest BCUT2D eigenvalue weighted by molar-refractivity contribution is -0.145. The normalized spacial score (nSPS) is 20.5. The fourth-order valence-electron chi connectivity index (χ4n) is 3.89. The molecule has 2 aliphatic heterocycles. The summed E-state index contributed by atoms with van der Waals surface area (Å²) in [7, 11) is 1.53. The Kier molecular flexibility index (Phi) is 7.64. The maximum atomic E-state index is 13.0. The first-order valence-corrected chi connectivity index (χ1v) is 10.5. The fraction of sp³-hybridized carbons (Fsp3) is 0.571. The summed E-state index contributed by atoms with van der Waals surface area (Å²) >= 11 is 0. The molecule has 1 aromatic rings. The van der Waals surface area contributed by atoms with Crippen LogP contribution in [-0.2, 0) is 14.4 Å². The number of nitrogens with zero attached hydrogens (tertiary/aromatic N) is 3. The number of methoxy groups -OCH3 is 1. The minimum absolute atomic E-state index is 0.0980. The molecule has 0 saturated carbocycles. The summed E-state index contributed by atoms with van der Waals surface area (Å²) < 4.78 is 5.25. The molecule has 2 heterocycles. The lowest BCUT2D eigenvalue weighted by Crippen LogP contribution is -2.60. The van der Waals surface area contributed by atoms with E-state index in [2.05, 4.69) is 27.4 Å². The third-order valence-electron chi connectivity index (χ3n) is 5.68. The third-order valence-corrected chi connectivity index (χ3v) is 5.68. The lowest BCUT2D eigenvalue weighted by atomic mass is 10.1. The highest BCUT2D eigenvalue weighted by Crippen LogP contribution is 2.23. The van der Waals surface area contributed by atoms with Gasteiger partial charge in [-0.05, 0) is 18.7 Å². The van der Waals surface area contributed by atoms with Crippen molar-refractivity contribution in [1.29, 1.82) is 0 Å². The summed E-state index contributed by atoms with van der Waals surface area (Å²) in [6.07, 6.45) is -0.0980. The van der Waals surface area contributed by atoms with Gasteiger partial charge >= 0.3 is 0 Å². The van der Waals surface area contributed by atoms with Gasteiger partial charge in [0.1, 0.15) is 11.8 Å². The molecule has 9 heteroatoms. The molecule has 30 heavy (non-hydrogen) atoms. The molecular formula is C21H31N5O4. The molecule has 164 valence electrons. The average molecular weight is 418 g/mol. The summed E-state index contributed by atoms with van der Waals surface area (Å²) in [6, 6.07) is 6.27. The lowest BCUT2D eigenvalue weighted by Gasteiger charge is -2.38. The smallest absolute Gasteiger partial charge is 0.243 e. The number of anilines is 1. The van der Waals surface area contributed by atoms with Gasteiger partial charge in [0.05, 0.1) is 25.8 Å². The number of rotatable bonds is 7. The largest absolute Gasteiger partial charge is 0.495 e. The highest BCUT2D eigenvalue weighted by atomic mass is 16.5. The monoisotopic (exact) mass is 417 g/mol. The number of ether oxygens (including phenoxy) is 1. The van der Waals surface area contributed by atoms with Gasteiger partial charge in [-0.3, -0.25) is 19.3 Å². The van der Waals surface area contributed by atoms with Gasteiger partial charge in [0.15, 0.2) is 0 Å². The van der Waals surface area contributed by atoms with Crippen LogP contribution in [0.4, 0.5) is 5.69 Å². The van der Waals surface area contributed by atoms with E-state index in [9.17, 15) is 14.4 Å². The third kappa shape index (κ3) is 5.48. The van der Waals surface area contributed by atoms with Crippen molar-refractivity contribution in [1.82, 2.24) is 20.0 Å². The Balaban J connectivity index is 1.60. The van der Waals surface area contributed by atoms with E-state index in [1.165, 1.54) is 7.11 Å². The van der Waals surface area contributed by atoms with Crippen LogP contribution >= 0.6 is 0 Å². The number of hydrogen-bond acceptors (Lipinski definition) is 6. The Labute approximate surface area is 177 Å². The molecule has 0 spiro atoms. The zero-order chi connectivity index (χ0) is 21.5. The van der Waals surface area contributed by atoms with Crippen LogP contribution in [0.3, 0.4) is 0 Å². The molecule has 0 bridgehead atoms. The van der Waals surface area contributed by atoms with Crippen LogP contribution in [0.1, 0.15) is 13.3 Å². The van der Waals surface area contributed by atoms with E-state index in [4.69, 9.17) is 4.74 Å². The topological polar surface area (TPSA) is 94.2 Å². The van der Waals surface area contributed by atoms with Gasteiger partial charge in [0.25, 0.3) is 0 Å². The fourth-order valence-corrected chi connectivity index (χ4v) is 3.89. The van der Waals surface area contributed by atoms with Crippen molar-refractivity contribution >= 4 is 23.4 Å². The Morgan fingerprint density at radius 3 is 2.53 bits per heavy atom. The zero-order valence-electron chi connectivity index (χ0n) is 17.7. The predicted molar refractivity (Wildman–Crippen MR) is 113 cm³/mol. The molecule has 1 atom stereocenters. The summed E-state index contributed by atoms with van der Waals surface area (Å²) in [5.74, 6) is -0.195. The molecule has 2 N–H and O–H groups in total. The number of benzene rings is 1. The second kappa shape index (κ2) is 10.4. The summed E-state index contributed by atoms with van der Waals surface area (Å²) in [5, 5.41) is 5.55. The molecule has 2 aliphatic rings. The van der Waals surface area contributed by atoms with E-state index in [1.807, 2.05) is 6.07 Å². The minimum atomic E-state index is -0.808. The van der Waals surface area contributed by atoms with Crippen molar-refractivity contribution in [2.24, 2.45) is 0 Å². The first kappa shape index (κ1) is 22.0. The van der Waals surface area contributed by atoms with Crippen LogP contribution in [0.2, 0.25) is 0 Å². The van der Waals surface area contributed by atoms with Gasteiger partial charge in [0.2, 0.25) is 17.7 Å². The molecule has 0 unspecified atom stereocenters. The number of amides is 3. The van der Waals surface area contributed by atoms with Crippen LogP contribution in [0.25, 0.3) is 0 Å². The maximum Gasteiger partial charge on any atom is 0.243 e. The van der Waals surface area contributed by atoms with Gasteiger partial charge < -0.3 is 25.2 Å². The average Bonchev–Trinajstić information content (AvgIpc) is 2.76. The highest BCUT2D eigenvalue weighted by molar-refractivity contribution is 5.98. The second-order valence-electron chi connectivity index (χ2n) is 7.56. The quantitative estimate of drug-likeness (QED) is 0.648. The van der Waals surface area contributed by atoms with Gasteiger partial charge in [-0.25, -0.2) is 0 Å². The molecule has 0 radical (unpaired) electrons. The first-order valence-electron chi connectivity index (χ1n) is 10.5. The van der Waals surface area contributed by atoms with Crippen LogP contribution in [0.15, 0.2) is 24.3 Å². The van der Waals surface area contributed by atoms with E-state index in [1.54, 1.807) is 23.1 Å². The number of carbonyl (C=O) groups is 3. The molecule has 0 aromatic heterocycles. The summed E-state index contributed by atoms with van der Waals surface area (Å²) in [4.78, 5) is 44.1. The van der Waals surface area contributed by atoms with Crippen LogP contribution in [0.5, 0.6) is 5.75 Å². The summed E-state index contributed by atoms with van der Waals surface area (Å²) in [5.41, 5.74) is 0.535. The number of nitrogens with one attached hydrogen (secondary N) is 2. The van der Waals surface area contributed by atoms with E-state index in [0.29, 0.717) is 24.5 Å². The number of carbonyl (C=O) groups excluding carboxylic acids is 3. The van der Waals surface area contributed by atoms with Crippen molar-refractivity contribution < 1.29 is 19.1 Å². The van der Waals surface area contributed by atoms with E-state index in [0.717, 1.165) is 32.7 Å². The predicted octanol–water partition coefficient (Wildman–Crippen LogP) is -0.0117. The van der Waals surface area contributed by atoms with Crippen LogP contribution in [0, 0.1) is 0 Å². The highest BCUT2D eigenvalue weighted by Gasteiger charge is 2.35.